The molecule has 2 aromatic rings. The second-order valence-electron chi connectivity index (χ2n) is 10.7. The van der Waals surface area contributed by atoms with Crippen molar-refractivity contribution >= 4 is 30.0 Å². The van der Waals surface area contributed by atoms with Crippen LogP contribution in [0.15, 0.2) is 34.7 Å². The predicted molar refractivity (Wildman–Crippen MR) is 128 cm³/mol. The molecule has 32 heavy (non-hydrogen) atoms. The van der Waals surface area contributed by atoms with Crippen LogP contribution in [0.1, 0.15) is 94.4 Å². The lowest BCUT2D eigenvalue weighted by molar-refractivity contribution is 0.00204. The second kappa shape index (κ2) is 9.23. The third kappa shape index (κ3) is 7.59. The molecule has 1 aromatic heterocycles. The summed E-state index contributed by atoms with van der Waals surface area (Å²) in [6, 6.07) is 9.60. The monoisotopic (exact) mass is 441 g/mol. The van der Waals surface area contributed by atoms with E-state index in [0.29, 0.717) is 0 Å². The van der Waals surface area contributed by atoms with Crippen molar-refractivity contribution in [1.29, 1.82) is 0 Å². The normalized spacial score (nSPS) is 12.7. The van der Waals surface area contributed by atoms with Gasteiger partial charge in [0.25, 0.3) is 0 Å². The van der Waals surface area contributed by atoms with Gasteiger partial charge in [-0.2, -0.15) is 0 Å². The van der Waals surface area contributed by atoms with Crippen LogP contribution in [0.5, 0.6) is 0 Å². The van der Waals surface area contributed by atoms with Crippen LogP contribution in [0.2, 0.25) is 0 Å². The third-order valence-corrected chi connectivity index (χ3v) is 3.86. The molecular formula is C26H35NO5. The number of hydrogen-bond donors (Lipinski definition) is 1. The maximum atomic E-state index is 13.2. The topological polar surface area (TPSA) is 77.8 Å². The lowest BCUT2D eigenvalue weighted by Gasteiger charge is -2.23. The second-order valence-corrected chi connectivity index (χ2v) is 10.7. The van der Waals surface area contributed by atoms with Gasteiger partial charge in [0.15, 0.2) is 0 Å². The van der Waals surface area contributed by atoms with Gasteiger partial charge in [-0.05, 0) is 74.0 Å². The quantitative estimate of drug-likeness (QED) is 0.529. The predicted octanol–water partition coefficient (Wildman–Crippen LogP) is 6.57. The average molecular weight is 442 g/mol. The molecule has 0 bridgehead atoms. The zero-order valence-electron chi connectivity index (χ0n) is 20.6. The van der Waals surface area contributed by atoms with E-state index in [1.807, 2.05) is 57.2 Å². The van der Waals surface area contributed by atoms with Crippen LogP contribution < -0.4 is 5.32 Å². The van der Waals surface area contributed by atoms with E-state index in [0.717, 1.165) is 5.56 Å². The molecule has 0 radical (unpaired) electrons. The summed E-state index contributed by atoms with van der Waals surface area (Å²) >= 11 is 0. The molecule has 0 fully saturated rings. The molecule has 0 amide bonds. The number of carbonyl (C=O) groups is 2. The Labute approximate surface area is 191 Å². The Hall–Kier alpha value is -3.02. The summed E-state index contributed by atoms with van der Waals surface area (Å²) in [5, 5.41) is 3.18. The summed E-state index contributed by atoms with van der Waals surface area (Å²) in [4.78, 5) is 26.4. The minimum Gasteiger partial charge on any atom is -0.456 e. The van der Waals surface area contributed by atoms with Gasteiger partial charge in [0.1, 0.15) is 28.1 Å². The summed E-state index contributed by atoms with van der Waals surface area (Å²) in [7, 11) is 0. The van der Waals surface area contributed by atoms with Gasteiger partial charge in [-0.1, -0.05) is 36.4 Å². The number of carbonyl (C=O) groups excluding carboxylic acids is 2. The van der Waals surface area contributed by atoms with Crippen molar-refractivity contribution in [2.24, 2.45) is 0 Å². The van der Waals surface area contributed by atoms with E-state index in [2.05, 4.69) is 5.32 Å². The van der Waals surface area contributed by atoms with Crippen LogP contribution in [-0.4, -0.2) is 28.7 Å². The van der Waals surface area contributed by atoms with Crippen LogP contribution in [0.4, 0.5) is 5.88 Å². The first-order valence-corrected chi connectivity index (χ1v) is 10.7. The Kier molecular flexibility index (Phi) is 7.28. The Bertz CT molecular complexity index is 980. The van der Waals surface area contributed by atoms with Crippen molar-refractivity contribution in [3.8, 4) is 0 Å². The first kappa shape index (κ1) is 25.2. The van der Waals surface area contributed by atoms with Gasteiger partial charge >= 0.3 is 11.9 Å². The summed E-state index contributed by atoms with van der Waals surface area (Å²) in [6.45, 7) is 16.4. The van der Waals surface area contributed by atoms with E-state index in [1.165, 1.54) is 0 Å². The van der Waals surface area contributed by atoms with Gasteiger partial charge in [-0.15, -0.1) is 0 Å². The fourth-order valence-corrected chi connectivity index (χ4v) is 2.79. The van der Waals surface area contributed by atoms with Crippen molar-refractivity contribution in [3.05, 3.63) is 52.8 Å². The highest BCUT2D eigenvalue weighted by atomic mass is 16.6. The smallest absolute Gasteiger partial charge is 0.345 e. The first-order chi connectivity index (χ1) is 14.6. The zero-order chi connectivity index (χ0) is 24.3. The fraction of sp³-hybridized carbons (Fsp3) is 0.462. The standard InChI is InChI=1S/C26H35NO5/c1-24(2,3)27-21-20(23(29)32-26(7,8)9)19(22(28)31-25(4,5)6)18(30-21)16-15-17-13-11-10-12-14-17/h10-16,27H,1-9H3. The van der Waals surface area contributed by atoms with E-state index in [-0.39, 0.29) is 22.8 Å². The van der Waals surface area contributed by atoms with Crippen molar-refractivity contribution in [2.45, 2.75) is 79.1 Å². The number of esters is 2. The van der Waals surface area contributed by atoms with Crippen molar-refractivity contribution in [3.63, 3.8) is 0 Å². The van der Waals surface area contributed by atoms with Gasteiger partial charge in [0, 0.05) is 5.54 Å². The zero-order valence-corrected chi connectivity index (χ0v) is 20.6. The maximum absolute atomic E-state index is 13.2. The molecule has 0 unspecified atom stereocenters. The van der Waals surface area contributed by atoms with E-state index in [1.54, 1.807) is 47.6 Å². The molecule has 0 spiro atoms. The molecule has 6 nitrogen and oxygen atoms in total. The average Bonchev–Trinajstić information content (AvgIpc) is 2.94. The molecule has 0 aliphatic carbocycles. The van der Waals surface area contributed by atoms with Crippen LogP contribution in [0.3, 0.4) is 0 Å². The van der Waals surface area contributed by atoms with Crippen molar-refractivity contribution in [2.75, 3.05) is 5.32 Å². The number of ether oxygens (including phenoxy) is 2. The fourth-order valence-electron chi connectivity index (χ4n) is 2.79. The molecule has 6 heteroatoms. The number of rotatable bonds is 5. The number of furan rings is 1. The Balaban J connectivity index is 2.69. The van der Waals surface area contributed by atoms with Crippen molar-refractivity contribution < 1.29 is 23.5 Å². The van der Waals surface area contributed by atoms with Crippen LogP contribution in [0.25, 0.3) is 12.2 Å². The molecule has 1 N–H and O–H groups in total. The van der Waals surface area contributed by atoms with E-state index in [4.69, 9.17) is 13.9 Å². The Morgan fingerprint density at radius 2 is 1.28 bits per heavy atom. The summed E-state index contributed by atoms with van der Waals surface area (Å²) in [5.41, 5.74) is -0.954. The summed E-state index contributed by atoms with van der Waals surface area (Å²) < 4.78 is 17.2. The number of hydrogen-bond acceptors (Lipinski definition) is 6. The van der Waals surface area contributed by atoms with E-state index >= 15 is 0 Å². The number of nitrogens with one attached hydrogen (secondary N) is 1. The minimum absolute atomic E-state index is 0.0248. The largest absolute Gasteiger partial charge is 0.456 e. The lowest BCUT2D eigenvalue weighted by atomic mass is 10.1. The van der Waals surface area contributed by atoms with Crippen molar-refractivity contribution in [1.82, 2.24) is 0 Å². The molecule has 0 atom stereocenters. The SMILES string of the molecule is CC(C)(C)Nc1oc(C=Cc2ccccc2)c(C(=O)OC(C)(C)C)c1C(=O)OC(C)(C)C. The van der Waals surface area contributed by atoms with Gasteiger partial charge in [-0.3, -0.25) is 0 Å². The van der Waals surface area contributed by atoms with Gasteiger partial charge < -0.3 is 19.2 Å². The molecule has 1 aromatic carbocycles. The molecule has 0 saturated heterocycles. The highest BCUT2D eigenvalue weighted by molar-refractivity contribution is 6.09. The van der Waals surface area contributed by atoms with Gasteiger partial charge in [0.05, 0.1) is 0 Å². The number of benzene rings is 1. The molecule has 0 saturated carbocycles. The third-order valence-electron chi connectivity index (χ3n) is 3.86. The Morgan fingerprint density at radius 3 is 1.75 bits per heavy atom. The molecule has 0 aliphatic heterocycles. The minimum atomic E-state index is -0.752. The van der Waals surface area contributed by atoms with Gasteiger partial charge in [0.2, 0.25) is 5.88 Å². The van der Waals surface area contributed by atoms with E-state index in [9.17, 15) is 9.59 Å². The summed E-state index contributed by atoms with van der Waals surface area (Å²) in [5.74, 6) is -0.930. The highest BCUT2D eigenvalue weighted by Gasteiger charge is 2.35. The number of anilines is 1. The lowest BCUT2D eigenvalue weighted by Crippen LogP contribution is -2.30. The maximum Gasteiger partial charge on any atom is 0.345 e. The molecule has 2 rings (SSSR count). The van der Waals surface area contributed by atoms with Gasteiger partial charge in [-0.25, -0.2) is 9.59 Å². The molecule has 0 aliphatic rings. The van der Waals surface area contributed by atoms with Crippen LogP contribution >= 0.6 is 0 Å². The summed E-state index contributed by atoms with van der Waals surface area (Å²) in [6.07, 6.45) is 3.47. The molecule has 1 heterocycles. The van der Waals surface area contributed by atoms with E-state index < -0.39 is 28.7 Å². The Morgan fingerprint density at radius 1 is 0.781 bits per heavy atom. The van der Waals surface area contributed by atoms with Crippen LogP contribution in [0, 0.1) is 0 Å². The highest BCUT2D eigenvalue weighted by Crippen LogP contribution is 2.34. The van der Waals surface area contributed by atoms with Crippen LogP contribution in [-0.2, 0) is 9.47 Å². The molecule has 174 valence electrons. The first-order valence-electron chi connectivity index (χ1n) is 10.7. The molecular weight excluding hydrogens is 406 g/mol.